The van der Waals surface area contributed by atoms with Crippen LogP contribution < -0.4 is 15.5 Å². The van der Waals surface area contributed by atoms with Crippen LogP contribution in [-0.2, 0) is 11.0 Å². The summed E-state index contributed by atoms with van der Waals surface area (Å²) >= 11 is 0. The predicted molar refractivity (Wildman–Crippen MR) is 96.5 cm³/mol. The number of benzene rings is 2. The number of amides is 1. The molecule has 0 aromatic heterocycles. The van der Waals surface area contributed by atoms with E-state index in [1.54, 1.807) is 24.3 Å². The monoisotopic (exact) mass is 363 g/mol. The number of hydrogen-bond donors (Lipinski definition) is 2. The molecule has 0 aliphatic carbocycles. The van der Waals surface area contributed by atoms with Gasteiger partial charge in [-0.3, -0.25) is 4.79 Å². The van der Waals surface area contributed by atoms with Gasteiger partial charge in [0.25, 0.3) is 0 Å². The highest BCUT2D eigenvalue weighted by Gasteiger charge is 2.31. The Morgan fingerprint density at radius 2 is 1.73 bits per heavy atom. The minimum Gasteiger partial charge on any atom is -0.374 e. The average Bonchev–Trinajstić information content (AvgIpc) is 3.14. The van der Waals surface area contributed by atoms with Crippen molar-refractivity contribution in [2.75, 3.05) is 35.2 Å². The molecule has 1 amide bonds. The smallest absolute Gasteiger partial charge is 0.374 e. The molecule has 2 N–H and O–H groups in total. The maximum atomic E-state index is 13.0. The molecule has 1 aliphatic rings. The molecule has 0 bridgehead atoms. The molecule has 4 nitrogen and oxygen atoms in total. The molecule has 0 atom stereocenters. The first-order chi connectivity index (χ1) is 12.4. The van der Waals surface area contributed by atoms with E-state index in [1.165, 1.54) is 6.07 Å². The Bertz CT molecular complexity index is 756. The molecule has 1 heterocycles. The largest absolute Gasteiger partial charge is 0.416 e. The number of anilines is 3. The molecule has 0 unspecified atom stereocenters. The summed E-state index contributed by atoms with van der Waals surface area (Å²) in [6.45, 7) is 1.49. The molecule has 3 rings (SSSR count). The van der Waals surface area contributed by atoms with Gasteiger partial charge in [0.2, 0.25) is 5.91 Å². The van der Waals surface area contributed by atoms with Crippen molar-refractivity contribution >= 4 is 23.0 Å². The minimum atomic E-state index is -4.42. The Hall–Kier alpha value is -2.70. The number of nitrogens with one attached hydrogen (secondary N) is 2. The van der Waals surface area contributed by atoms with E-state index in [4.69, 9.17) is 0 Å². The van der Waals surface area contributed by atoms with Gasteiger partial charge in [0, 0.05) is 18.8 Å². The minimum absolute atomic E-state index is 0.114. The van der Waals surface area contributed by atoms with Crippen molar-refractivity contribution in [3.05, 3.63) is 54.1 Å². The van der Waals surface area contributed by atoms with Gasteiger partial charge in [-0.05, 0) is 43.2 Å². The lowest BCUT2D eigenvalue weighted by Gasteiger charge is -2.23. The summed E-state index contributed by atoms with van der Waals surface area (Å²) in [5.41, 5.74) is 0.933. The van der Waals surface area contributed by atoms with Gasteiger partial charge in [-0.1, -0.05) is 18.2 Å². The van der Waals surface area contributed by atoms with Gasteiger partial charge in [0.05, 0.1) is 23.5 Å². The molecule has 0 spiro atoms. The quantitative estimate of drug-likeness (QED) is 0.830. The van der Waals surface area contributed by atoms with Crippen molar-refractivity contribution in [2.45, 2.75) is 19.0 Å². The second-order valence-corrected chi connectivity index (χ2v) is 6.19. The molecule has 2 aromatic carbocycles. The van der Waals surface area contributed by atoms with E-state index >= 15 is 0 Å². The summed E-state index contributed by atoms with van der Waals surface area (Å²) in [6.07, 6.45) is -2.41. The zero-order valence-corrected chi connectivity index (χ0v) is 14.1. The lowest BCUT2D eigenvalue weighted by Crippen LogP contribution is -2.24. The van der Waals surface area contributed by atoms with E-state index in [0.29, 0.717) is 17.1 Å². The summed E-state index contributed by atoms with van der Waals surface area (Å²) in [6, 6.07) is 12.6. The molecule has 1 fully saturated rings. The van der Waals surface area contributed by atoms with E-state index in [1.807, 2.05) is 11.0 Å². The van der Waals surface area contributed by atoms with Crippen LogP contribution in [0.1, 0.15) is 18.4 Å². The summed E-state index contributed by atoms with van der Waals surface area (Å²) in [7, 11) is 0. The fourth-order valence-electron chi connectivity index (χ4n) is 2.99. The first kappa shape index (κ1) is 18.1. The van der Waals surface area contributed by atoms with Crippen molar-refractivity contribution in [1.82, 2.24) is 0 Å². The van der Waals surface area contributed by atoms with Crippen LogP contribution in [0.4, 0.5) is 30.2 Å². The Morgan fingerprint density at radius 1 is 1.04 bits per heavy atom. The van der Waals surface area contributed by atoms with E-state index in [-0.39, 0.29) is 12.5 Å². The van der Waals surface area contributed by atoms with Crippen LogP contribution in [0.5, 0.6) is 0 Å². The molecule has 0 radical (unpaired) electrons. The number of halogens is 3. The Labute approximate surface area is 150 Å². The SMILES string of the molecule is O=C(CNc1cc(C(F)(F)F)ccc1N1CCCC1)Nc1ccccc1. The Balaban J connectivity index is 1.74. The maximum Gasteiger partial charge on any atom is 0.416 e. The number of carbonyl (C=O) groups excluding carboxylic acids is 1. The third kappa shape index (κ3) is 4.47. The van der Waals surface area contributed by atoms with Crippen LogP contribution in [0.3, 0.4) is 0 Å². The molecular formula is C19H20F3N3O. The Kier molecular flexibility index (Phi) is 5.35. The van der Waals surface area contributed by atoms with Gasteiger partial charge in [0.15, 0.2) is 0 Å². The number of rotatable bonds is 5. The lowest BCUT2D eigenvalue weighted by molar-refractivity contribution is -0.137. The number of para-hydroxylation sites is 1. The van der Waals surface area contributed by atoms with Gasteiger partial charge < -0.3 is 15.5 Å². The standard InChI is InChI=1S/C19H20F3N3O/c20-19(21,22)14-8-9-17(25-10-4-5-11-25)16(12-14)23-13-18(26)24-15-6-2-1-3-7-15/h1-3,6-9,12,23H,4-5,10-11,13H2,(H,24,26). The number of hydrogen-bond acceptors (Lipinski definition) is 3. The number of nitrogens with zero attached hydrogens (tertiary/aromatic N) is 1. The zero-order chi connectivity index (χ0) is 18.6. The average molecular weight is 363 g/mol. The van der Waals surface area contributed by atoms with Crippen LogP contribution in [0.15, 0.2) is 48.5 Å². The van der Waals surface area contributed by atoms with Crippen LogP contribution in [0, 0.1) is 0 Å². The zero-order valence-electron chi connectivity index (χ0n) is 14.1. The summed E-state index contributed by atoms with van der Waals surface area (Å²) < 4.78 is 39.1. The van der Waals surface area contributed by atoms with E-state index in [2.05, 4.69) is 10.6 Å². The first-order valence-electron chi connectivity index (χ1n) is 8.48. The van der Waals surface area contributed by atoms with E-state index < -0.39 is 11.7 Å². The first-order valence-corrected chi connectivity index (χ1v) is 8.48. The molecule has 2 aromatic rings. The van der Waals surface area contributed by atoms with Gasteiger partial charge in [-0.25, -0.2) is 0 Å². The van der Waals surface area contributed by atoms with Crippen LogP contribution in [0.2, 0.25) is 0 Å². The van der Waals surface area contributed by atoms with Crippen LogP contribution in [-0.4, -0.2) is 25.5 Å². The fourth-order valence-corrected chi connectivity index (χ4v) is 2.99. The third-order valence-corrected chi connectivity index (χ3v) is 4.27. The fraction of sp³-hybridized carbons (Fsp3) is 0.316. The highest BCUT2D eigenvalue weighted by Crippen LogP contribution is 2.36. The molecule has 1 aliphatic heterocycles. The van der Waals surface area contributed by atoms with Gasteiger partial charge in [-0.15, -0.1) is 0 Å². The van der Waals surface area contributed by atoms with Gasteiger partial charge in [0.1, 0.15) is 0 Å². The third-order valence-electron chi connectivity index (χ3n) is 4.27. The van der Waals surface area contributed by atoms with Crippen LogP contribution in [0.25, 0.3) is 0 Å². The van der Waals surface area contributed by atoms with Crippen molar-refractivity contribution < 1.29 is 18.0 Å². The highest BCUT2D eigenvalue weighted by molar-refractivity contribution is 5.94. The molecule has 7 heteroatoms. The lowest BCUT2D eigenvalue weighted by atomic mass is 10.1. The predicted octanol–water partition coefficient (Wildman–Crippen LogP) is 4.36. The highest BCUT2D eigenvalue weighted by atomic mass is 19.4. The van der Waals surface area contributed by atoms with E-state index in [0.717, 1.165) is 38.1 Å². The second-order valence-electron chi connectivity index (χ2n) is 6.19. The van der Waals surface area contributed by atoms with E-state index in [9.17, 15) is 18.0 Å². The van der Waals surface area contributed by atoms with Gasteiger partial charge in [-0.2, -0.15) is 13.2 Å². The normalized spacial score (nSPS) is 14.3. The molecule has 138 valence electrons. The second kappa shape index (κ2) is 7.68. The summed E-state index contributed by atoms with van der Waals surface area (Å²) in [5, 5.41) is 5.58. The summed E-state index contributed by atoms with van der Waals surface area (Å²) in [4.78, 5) is 14.1. The number of carbonyl (C=O) groups is 1. The summed E-state index contributed by atoms with van der Waals surface area (Å²) in [5.74, 6) is -0.319. The molecule has 1 saturated heterocycles. The van der Waals surface area contributed by atoms with Crippen molar-refractivity contribution in [1.29, 1.82) is 0 Å². The number of alkyl halides is 3. The topological polar surface area (TPSA) is 44.4 Å². The molecule has 0 saturated carbocycles. The molecular weight excluding hydrogens is 343 g/mol. The van der Waals surface area contributed by atoms with Crippen molar-refractivity contribution in [3.63, 3.8) is 0 Å². The maximum absolute atomic E-state index is 13.0. The van der Waals surface area contributed by atoms with Gasteiger partial charge >= 0.3 is 6.18 Å². The molecule has 26 heavy (non-hydrogen) atoms. The Morgan fingerprint density at radius 3 is 2.38 bits per heavy atom. The van der Waals surface area contributed by atoms with Crippen molar-refractivity contribution in [3.8, 4) is 0 Å². The van der Waals surface area contributed by atoms with Crippen LogP contribution >= 0.6 is 0 Å². The van der Waals surface area contributed by atoms with Crippen molar-refractivity contribution in [2.24, 2.45) is 0 Å².